The van der Waals surface area contributed by atoms with Gasteiger partial charge in [0.15, 0.2) is 0 Å². The third-order valence-corrected chi connectivity index (χ3v) is 20.0. The highest BCUT2D eigenvalue weighted by molar-refractivity contribution is 6.25. The minimum Gasteiger partial charge on any atom is -0.494 e. The molecule has 0 aliphatic rings. The van der Waals surface area contributed by atoms with Crippen molar-refractivity contribution in [1.82, 2.24) is 0 Å². The summed E-state index contributed by atoms with van der Waals surface area (Å²) >= 11 is 0. The normalized spacial score (nSPS) is 12.1. The Bertz CT molecular complexity index is 4850. The maximum absolute atomic E-state index is 6.57. The SMILES string of the molecule is CC(C)c1ccc(C#CC(c2ccc(OCCCCc3ccc4ccc5cccc6ccc3c4c56)cc2)(c2ccc(OCCCCc3ccc4ccc5cccc6ccc3c4c56)cc2)c2ccc(OCCCCc3ccc4ccc5cccc6ccc3c4c56)cc2)cc1. The molecule has 0 spiro atoms. The fourth-order valence-corrected chi connectivity index (χ4v) is 15.1. The van der Waals surface area contributed by atoms with Crippen LogP contribution in [0.15, 0.2) is 261 Å². The molecule has 16 aromatic rings. The average molecular weight is 1200 g/mol. The Labute approximate surface area is 545 Å². The van der Waals surface area contributed by atoms with Crippen LogP contribution in [-0.4, -0.2) is 19.8 Å². The number of hydrogen-bond donors (Lipinski definition) is 0. The summed E-state index contributed by atoms with van der Waals surface area (Å²) in [5.74, 6) is 10.6. The Morgan fingerprint density at radius 1 is 0.290 bits per heavy atom. The van der Waals surface area contributed by atoms with Crippen LogP contribution in [0.25, 0.3) is 97.0 Å². The second-order valence-electron chi connectivity index (χ2n) is 26.0. The lowest BCUT2D eigenvalue weighted by molar-refractivity contribution is 0.307. The highest BCUT2D eigenvalue weighted by atomic mass is 16.5. The third-order valence-electron chi connectivity index (χ3n) is 20.0. The van der Waals surface area contributed by atoms with Crippen molar-refractivity contribution in [1.29, 1.82) is 0 Å². The van der Waals surface area contributed by atoms with Crippen LogP contribution in [0, 0.1) is 11.8 Å². The van der Waals surface area contributed by atoms with Gasteiger partial charge in [-0.2, -0.15) is 0 Å². The van der Waals surface area contributed by atoms with Crippen LogP contribution in [0.2, 0.25) is 0 Å². The average Bonchev–Trinajstić information content (AvgIpc) is 0.775. The molecule has 3 nitrogen and oxygen atoms in total. The molecular weight excluding hydrogens is 1130 g/mol. The lowest BCUT2D eigenvalue weighted by Gasteiger charge is -2.31. The van der Waals surface area contributed by atoms with E-state index in [1.54, 1.807) is 0 Å². The predicted octanol–water partition coefficient (Wildman–Crippen LogP) is 23.1. The van der Waals surface area contributed by atoms with Gasteiger partial charge in [-0.25, -0.2) is 0 Å². The van der Waals surface area contributed by atoms with Gasteiger partial charge in [0.05, 0.1) is 19.8 Å². The largest absolute Gasteiger partial charge is 0.494 e. The molecule has 452 valence electrons. The molecule has 0 aliphatic carbocycles. The van der Waals surface area contributed by atoms with Crippen molar-refractivity contribution >= 4 is 97.0 Å². The molecule has 0 amide bonds. The van der Waals surface area contributed by atoms with Crippen molar-refractivity contribution < 1.29 is 14.2 Å². The summed E-state index contributed by atoms with van der Waals surface area (Å²) in [5.41, 5.74) is 8.73. The van der Waals surface area contributed by atoms with Crippen LogP contribution in [-0.2, 0) is 24.7 Å². The number of aryl methyl sites for hydroxylation is 3. The molecule has 0 saturated heterocycles. The highest BCUT2D eigenvalue weighted by Crippen LogP contribution is 2.43. The van der Waals surface area contributed by atoms with Crippen molar-refractivity contribution in [2.45, 2.75) is 83.0 Å². The van der Waals surface area contributed by atoms with Crippen LogP contribution in [0.5, 0.6) is 17.2 Å². The van der Waals surface area contributed by atoms with E-state index in [1.165, 1.54) is 119 Å². The van der Waals surface area contributed by atoms with E-state index < -0.39 is 5.41 Å². The zero-order valence-electron chi connectivity index (χ0n) is 53.1. The second kappa shape index (κ2) is 25.0. The first kappa shape index (κ1) is 57.7. The number of ether oxygens (including phenoxy) is 3. The Morgan fingerprint density at radius 2 is 0.581 bits per heavy atom. The molecule has 0 heterocycles. The molecule has 0 fully saturated rings. The Morgan fingerprint density at radius 3 is 0.892 bits per heavy atom. The van der Waals surface area contributed by atoms with Crippen LogP contribution in [0.1, 0.15) is 103 Å². The number of rotatable bonds is 22. The van der Waals surface area contributed by atoms with Gasteiger partial charge in [-0.15, -0.1) is 0 Å². The van der Waals surface area contributed by atoms with E-state index >= 15 is 0 Å². The number of hydrogen-bond acceptors (Lipinski definition) is 3. The van der Waals surface area contributed by atoms with Crippen LogP contribution < -0.4 is 14.2 Å². The van der Waals surface area contributed by atoms with Crippen molar-refractivity contribution in [3.8, 4) is 29.1 Å². The fraction of sp³-hybridized carbons (Fsp3) is 0.178. The highest BCUT2D eigenvalue weighted by Gasteiger charge is 2.35. The van der Waals surface area contributed by atoms with Gasteiger partial charge in [-0.3, -0.25) is 0 Å². The summed E-state index contributed by atoms with van der Waals surface area (Å²) < 4.78 is 19.7. The van der Waals surface area contributed by atoms with E-state index in [2.05, 4.69) is 287 Å². The molecule has 0 atom stereocenters. The Kier molecular flexibility index (Phi) is 15.5. The zero-order valence-corrected chi connectivity index (χ0v) is 53.1. The number of unbranched alkanes of at least 4 members (excludes halogenated alkanes) is 3. The number of benzene rings is 16. The minimum absolute atomic E-state index is 0.422. The van der Waals surface area contributed by atoms with Gasteiger partial charge in [0.25, 0.3) is 0 Å². The Balaban J connectivity index is 0.647. The van der Waals surface area contributed by atoms with Crippen LogP contribution >= 0.6 is 0 Å². The van der Waals surface area contributed by atoms with Crippen molar-refractivity contribution in [3.05, 3.63) is 305 Å². The molecule has 0 radical (unpaired) electrons. The van der Waals surface area contributed by atoms with Crippen molar-refractivity contribution in [2.75, 3.05) is 19.8 Å². The summed E-state index contributed by atoms with van der Waals surface area (Å²) in [4.78, 5) is 0. The van der Waals surface area contributed by atoms with Crippen molar-refractivity contribution in [3.63, 3.8) is 0 Å². The first-order valence-corrected chi connectivity index (χ1v) is 33.7. The van der Waals surface area contributed by atoms with Gasteiger partial charge in [0.1, 0.15) is 22.7 Å². The molecule has 93 heavy (non-hydrogen) atoms. The van der Waals surface area contributed by atoms with Gasteiger partial charge in [-0.05, 0) is 248 Å². The first-order valence-electron chi connectivity index (χ1n) is 33.7. The summed E-state index contributed by atoms with van der Waals surface area (Å²) in [6, 6.07) is 96.0. The van der Waals surface area contributed by atoms with E-state index in [4.69, 9.17) is 14.2 Å². The smallest absolute Gasteiger partial charge is 0.119 e. The molecule has 0 N–H and O–H groups in total. The molecule has 0 unspecified atom stereocenters. The quantitative estimate of drug-likeness (QED) is 0.0293. The molecule has 3 heteroatoms. The lowest BCUT2D eigenvalue weighted by atomic mass is 9.69. The van der Waals surface area contributed by atoms with E-state index in [1.807, 2.05) is 0 Å². The molecule has 16 rings (SSSR count). The second-order valence-corrected chi connectivity index (χ2v) is 26.0. The lowest BCUT2D eigenvalue weighted by Crippen LogP contribution is -2.28. The monoisotopic (exact) mass is 1200 g/mol. The van der Waals surface area contributed by atoms with Gasteiger partial charge in [0.2, 0.25) is 0 Å². The van der Waals surface area contributed by atoms with Crippen molar-refractivity contribution in [2.24, 2.45) is 0 Å². The summed E-state index contributed by atoms with van der Waals surface area (Å²) in [5, 5.41) is 24.1. The maximum Gasteiger partial charge on any atom is 0.119 e. The topological polar surface area (TPSA) is 27.7 Å². The van der Waals surface area contributed by atoms with Crippen LogP contribution in [0.3, 0.4) is 0 Å². The maximum atomic E-state index is 6.57. The van der Waals surface area contributed by atoms with E-state index in [9.17, 15) is 0 Å². The summed E-state index contributed by atoms with van der Waals surface area (Å²) in [6.07, 6.45) is 8.92. The van der Waals surface area contributed by atoms with E-state index in [-0.39, 0.29) is 0 Å². The molecule has 16 aromatic carbocycles. The van der Waals surface area contributed by atoms with Crippen LogP contribution in [0.4, 0.5) is 0 Å². The Hall–Kier alpha value is -10.4. The fourth-order valence-electron chi connectivity index (χ4n) is 15.1. The van der Waals surface area contributed by atoms with Gasteiger partial charge in [0, 0.05) is 5.56 Å². The summed E-state index contributed by atoms with van der Waals surface area (Å²) in [7, 11) is 0. The van der Waals surface area contributed by atoms with E-state index in [0.717, 1.165) is 97.3 Å². The molecule has 0 saturated carbocycles. The molecule has 0 aliphatic heterocycles. The van der Waals surface area contributed by atoms with Gasteiger partial charge >= 0.3 is 0 Å². The summed E-state index contributed by atoms with van der Waals surface area (Å²) in [6.45, 7) is 6.36. The zero-order chi connectivity index (χ0) is 62.2. The molecular formula is C90H74O3. The standard InChI is InChI=1S/C90H74O3/c1-60(2)62-23-21-61(22-24-62)55-56-90(75-40-46-78(47-41-75)91-57-6-3-12-63-25-28-72-34-31-66-15-9-18-69-37-52-81(63)87(72)84(66)69,76-42-48-79(49-43-76)92-58-7-4-13-64-26-29-73-35-32-67-16-10-19-70-38-53-82(64)88(73)85(67)70)77-44-50-80(51-45-77)93-59-8-5-14-65-27-30-74-36-33-68-17-11-20-71-39-54-83(65)89(74)86(68)71/h9-11,15-54,60H,3-8,12-14,57-59H2,1-2H3. The van der Waals surface area contributed by atoms with E-state index in [0.29, 0.717) is 25.7 Å². The first-order chi connectivity index (χ1) is 45.9. The van der Waals surface area contributed by atoms with Gasteiger partial charge < -0.3 is 14.2 Å². The minimum atomic E-state index is -0.881. The molecule has 0 aromatic heterocycles. The molecule has 0 bridgehead atoms. The van der Waals surface area contributed by atoms with Gasteiger partial charge in [-0.1, -0.05) is 238 Å². The predicted molar refractivity (Wildman–Crippen MR) is 392 cm³/mol. The third kappa shape index (κ3) is 11.0.